The minimum atomic E-state index is -0.328. The summed E-state index contributed by atoms with van der Waals surface area (Å²) in [5, 5.41) is 0. The molecule has 0 atom stereocenters. The summed E-state index contributed by atoms with van der Waals surface area (Å²) in [7, 11) is 0. The molecule has 0 aliphatic rings. The van der Waals surface area contributed by atoms with Gasteiger partial charge in [-0.05, 0) is 22.4 Å². The molecule has 102 valence electrons. The van der Waals surface area contributed by atoms with Gasteiger partial charge < -0.3 is 10.5 Å². The number of nitrogens with two attached hydrogens (primary N) is 1. The number of unbranched alkanes of at least 4 members (excludes halogenated alkanes) is 1. The van der Waals surface area contributed by atoms with Crippen LogP contribution in [0.15, 0.2) is 11.1 Å². The number of carbonyl (C=O) groups excluding carboxylic acids is 1. The molecule has 0 bridgehead atoms. The summed E-state index contributed by atoms with van der Waals surface area (Å²) in [6.45, 7) is 2.50. The number of rotatable bonds is 5. The Bertz CT molecular complexity index is 598. The van der Waals surface area contributed by atoms with Crippen molar-refractivity contribution in [2.45, 2.75) is 26.3 Å². The van der Waals surface area contributed by atoms with E-state index in [1.807, 2.05) is 6.92 Å². The van der Waals surface area contributed by atoms with Crippen LogP contribution in [0.1, 0.15) is 19.8 Å². The Kier molecular flexibility index (Phi) is 4.31. The van der Waals surface area contributed by atoms with Crippen LogP contribution in [0.4, 0.5) is 5.82 Å². The van der Waals surface area contributed by atoms with E-state index in [-0.39, 0.29) is 18.3 Å². The predicted molar refractivity (Wildman–Crippen MR) is 73.3 cm³/mol. The SMILES string of the molecule is CCCCOC(=O)Cn1c(Br)nc2c(N)ncnc21. The molecule has 0 aliphatic heterocycles. The van der Waals surface area contributed by atoms with Crippen molar-refractivity contribution in [2.75, 3.05) is 12.3 Å². The largest absolute Gasteiger partial charge is 0.464 e. The predicted octanol–water partition coefficient (Wildman–Crippen LogP) is 1.51. The fraction of sp³-hybridized carbons (Fsp3) is 0.455. The molecule has 2 heterocycles. The van der Waals surface area contributed by atoms with Crippen molar-refractivity contribution in [3.8, 4) is 0 Å². The molecule has 0 aliphatic carbocycles. The first-order valence-electron chi connectivity index (χ1n) is 5.91. The van der Waals surface area contributed by atoms with Crippen LogP contribution in [0, 0.1) is 0 Å². The normalized spacial score (nSPS) is 10.8. The number of halogens is 1. The molecule has 0 unspecified atom stereocenters. The summed E-state index contributed by atoms with van der Waals surface area (Å²) in [6.07, 6.45) is 3.17. The second kappa shape index (κ2) is 5.96. The second-order valence-corrected chi connectivity index (χ2v) is 4.68. The highest BCUT2D eigenvalue weighted by Crippen LogP contribution is 2.21. The van der Waals surface area contributed by atoms with E-state index in [9.17, 15) is 4.79 Å². The van der Waals surface area contributed by atoms with Crippen molar-refractivity contribution < 1.29 is 9.53 Å². The third-order valence-corrected chi connectivity index (χ3v) is 3.17. The van der Waals surface area contributed by atoms with Crippen molar-refractivity contribution in [3.05, 3.63) is 11.1 Å². The van der Waals surface area contributed by atoms with Crippen LogP contribution in [0.2, 0.25) is 0 Å². The zero-order chi connectivity index (χ0) is 13.8. The van der Waals surface area contributed by atoms with Crippen molar-refractivity contribution in [2.24, 2.45) is 0 Å². The fourth-order valence-electron chi connectivity index (χ4n) is 1.57. The van der Waals surface area contributed by atoms with Crippen LogP contribution in [0.3, 0.4) is 0 Å². The van der Waals surface area contributed by atoms with Crippen LogP contribution >= 0.6 is 15.9 Å². The molecule has 2 aromatic rings. The molecule has 0 aromatic carbocycles. The lowest BCUT2D eigenvalue weighted by molar-refractivity contribution is -0.144. The van der Waals surface area contributed by atoms with E-state index in [4.69, 9.17) is 10.5 Å². The molecule has 2 rings (SSSR count). The Labute approximate surface area is 118 Å². The maximum absolute atomic E-state index is 11.7. The maximum atomic E-state index is 11.7. The van der Waals surface area contributed by atoms with E-state index in [1.165, 1.54) is 6.33 Å². The first-order chi connectivity index (χ1) is 9.13. The maximum Gasteiger partial charge on any atom is 0.326 e. The molecule has 2 N–H and O–H groups in total. The standard InChI is InChI=1S/C11H14BrN5O2/c1-2-3-4-19-7(18)5-17-10-8(16-11(17)12)9(13)14-6-15-10/h6H,2-5H2,1H3,(H2,13,14,15). The number of hydrogen-bond acceptors (Lipinski definition) is 6. The molecule has 0 spiro atoms. The van der Waals surface area contributed by atoms with Crippen molar-refractivity contribution in [1.29, 1.82) is 0 Å². The van der Waals surface area contributed by atoms with Gasteiger partial charge in [0.05, 0.1) is 6.61 Å². The molecule has 8 heteroatoms. The van der Waals surface area contributed by atoms with E-state index >= 15 is 0 Å². The highest BCUT2D eigenvalue weighted by atomic mass is 79.9. The zero-order valence-corrected chi connectivity index (χ0v) is 12.1. The summed E-state index contributed by atoms with van der Waals surface area (Å²) in [5.74, 6) is -0.0468. The average Bonchev–Trinajstić information content (AvgIpc) is 2.69. The van der Waals surface area contributed by atoms with E-state index in [1.54, 1.807) is 4.57 Å². The highest BCUT2D eigenvalue weighted by Gasteiger charge is 2.15. The Hall–Kier alpha value is -1.70. The minimum Gasteiger partial charge on any atom is -0.464 e. The summed E-state index contributed by atoms with van der Waals surface area (Å²) in [6, 6.07) is 0. The molecule has 0 saturated carbocycles. The first-order valence-corrected chi connectivity index (χ1v) is 6.70. The van der Waals surface area contributed by atoms with Crippen molar-refractivity contribution in [1.82, 2.24) is 19.5 Å². The summed E-state index contributed by atoms with van der Waals surface area (Å²) in [4.78, 5) is 23.8. The van der Waals surface area contributed by atoms with Gasteiger partial charge in [-0.25, -0.2) is 15.0 Å². The monoisotopic (exact) mass is 327 g/mol. The number of carbonyl (C=O) groups is 1. The lowest BCUT2D eigenvalue weighted by atomic mass is 10.4. The molecule has 0 amide bonds. The van der Waals surface area contributed by atoms with Crippen molar-refractivity contribution >= 4 is 38.9 Å². The Morgan fingerprint density at radius 2 is 2.32 bits per heavy atom. The number of ether oxygens (including phenoxy) is 1. The average molecular weight is 328 g/mol. The minimum absolute atomic E-state index is 0.0389. The van der Waals surface area contributed by atoms with Gasteiger partial charge in [-0.15, -0.1) is 0 Å². The number of anilines is 1. The number of nitrogen functional groups attached to an aromatic ring is 1. The van der Waals surface area contributed by atoms with Crippen LogP contribution in [-0.2, 0) is 16.1 Å². The molecule has 2 aromatic heterocycles. The molecular formula is C11H14BrN5O2. The van der Waals surface area contributed by atoms with Gasteiger partial charge in [0.15, 0.2) is 21.7 Å². The molecule has 0 fully saturated rings. The molecular weight excluding hydrogens is 314 g/mol. The Morgan fingerprint density at radius 3 is 3.05 bits per heavy atom. The van der Waals surface area contributed by atoms with Gasteiger partial charge in [0, 0.05) is 0 Å². The summed E-state index contributed by atoms with van der Waals surface area (Å²) in [5.41, 5.74) is 6.68. The number of imidazole rings is 1. The van der Waals surface area contributed by atoms with E-state index in [0.717, 1.165) is 12.8 Å². The fourth-order valence-corrected chi connectivity index (χ4v) is 2.04. The van der Waals surface area contributed by atoms with Gasteiger partial charge in [-0.2, -0.15) is 0 Å². The number of esters is 1. The number of fused-ring (bicyclic) bond motifs is 1. The lowest BCUT2D eigenvalue weighted by Gasteiger charge is -2.06. The second-order valence-electron chi connectivity index (χ2n) is 3.97. The van der Waals surface area contributed by atoms with Gasteiger partial charge in [0.1, 0.15) is 12.9 Å². The topological polar surface area (TPSA) is 95.9 Å². The number of aromatic nitrogens is 4. The highest BCUT2D eigenvalue weighted by molar-refractivity contribution is 9.10. The van der Waals surface area contributed by atoms with Gasteiger partial charge in [-0.3, -0.25) is 9.36 Å². The molecule has 19 heavy (non-hydrogen) atoms. The summed E-state index contributed by atoms with van der Waals surface area (Å²) < 4.78 is 7.18. The van der Waals surface area contributed by atoms with Crippen LogP contribution < -0.4 is 5.73 Å². The third-order valence-electron chi connectivity index (χ3n) is 2.56. The van der Waals surface area contributed by atoms with Crippen molar-refractivity contribution in [3.63, 3.8) is 0 Å². The Morgan fingerprint density at radius 1 is 1.53 bits per heavy atom. The van der Waals surface area contributed by atoms with Crippen LogP contribution in [-0.4, -0.2) is 32.1 Å². The van der Waals surface area contributed by atoms with Gasteiger partial charge in [-0.1, -0.05) is 13.3 Å². The molecule has 0 saturated heterocycles. The smallest absolute Gasteiger partial charge is 0.326 e. The third kappa shape index (κ3) is 3.01. The van der Waals surface area contributed by atoms with E-state index in [0.29, 0.717) is 22.5 Å². The van der Waals surface area contributed by atoms with Gasteiger partial charge >= 0.3 is 5.97 Å². The zero-order valence-electron chi connectivity index (χ0n) is 10.5. The summed E-state index contributed by atoms with van der Waals surface area (Å²) >= 11 is 3.27. The first kappa shape index (κ1) is 13.7. The lowest BCUT2D eigenvalue weighted by Crippen LogP contribution is -2.14. The number of hydrogen-bond donors (Lipinski definition) is 1. The Balaban J connectivity index is 2.18. The molecule has 7 nitrogen and oxygen atoms in total. The van der Waals surface area contributed by atoms with Gasteiger partial charge in [0.2, 0.25) is 0 Å². The van der Waals surface area contributed by atoms with Crippen LogP contribution in [0.5, 0.6) is 0 Å². The molecule has 0 radical (unpaired) electrons. The van der Waals surface area contributed by atoms with Crippen LogP contribution in [0.25, 0.3) is 11.2 Å². The van der Waals surface area contributed by atoms with E-state index < -0.39 is 0 Å². The quantitative estimate of drug-likeness (QED) is 0.508. The number of nitrogens with zero attached hydrogens (tertiary/aromatic N) is 4. The van der Waals surface area contributed by atoms with E-state index in [2.05, 4.69) is 30.9 Å². The van der Waals surface area contributed by atoms with Gasteiger partial charge in [0.25, 0.3) is 0 Å².